The molecule has 0 saturated carbocycles. The molecule has 35 heavy (non-hydrogen) atoms. The van der Waals surface area contributed by atoms with Gasteiger partial charge in [-0.25, -0.2) is 4.98 Å². The molecule has 1 unspecified atom stereocenters. The highest BCUT2D eigenvalue weighted by atomic mass is 16.2. The first-order chi connectivity index (χ1) is 17.0. The van der Waals surface area contributed by atoms with Crippen LogP contribution in [0.15, 0.2) is 24.3 Å². The number of fused-ring (bicyclic) bond motifs is 2. The van der Waals surface area contributed by atoms with Gasteiger partial charge in [0.05, 0.1) is 11.2 Å². The van der Waals surface area contributed by atoms with Gasteiger partial charge >= 0.3 is 0 Å². The van der Waals surface area contributed by atoms with Gasteiger partial charge in [-0.1, -0.05) is 6.07 Å². The summed E-state index contributed by atoms with van der Waals surface area (Å²) in [6, 6.07) is 7.21. The SMILES string of the molecule is CNc1n[nH]c2c(CN3CCCC3)cc(-c3ccc4c(c3)CN(C3CCC(=O)NC3=O)C4=O)nc12. The highest BCUT2D eigenvalue weighted by Crippen LogP contribution is 2.33. The number of carbonyl (C=O) groups is 3. The third-order valence-electron chi connectivity index (χ3n) is 7.25. The van der Waals surface area contributed by atoms with Crippen LogP contribution in [-0.2, 0) is 22.7 Å². The minimum Gasteiger partial charge on any atom is -0.370 e. The number of hydrogen-bond donors (Lipinski definition) is 3. The Bertz CT molecular complexity index is 1360. The predicted octanol–water partition coefficient (Wildman–Crippen LogP) is 2.02. The second-order valence-corrected chi connectivity index (χ2v) is 9.47. The van der Waals surface area contributed by atoms with Crippen molar-refractivity contribution in [1.29, 1.82) is 0 Å². The summed E-state index contributed by atoms with van der Waals surface area (Å²) in [5.74, 6) is -0.165. The molecule has 6 rings (SSSR count). The first kappa shape index (κ1) is 21.7. The lowest BCUT2D eigenvalue weighted by Crippen LogP contribution is -2.52. The molecule has 3 aliphatic heterocycles. The summed E-state index contributed by atoms with van der Waals surface area (Å²) in [7, 11) is 1.83. The van der Waals surface area contributed by atoms with Gasteiger partial charge in [0, 0.05) is 37.7 Å². The third kappa shape index (κ3) is 3.74. The number of benzene rings is 1. The smallest absolute Gasteiger partial charge is 0.255 e. The Balaban J connectivity index is 1.35. The zero-order valence-corrected chi connectivity index (χ0v) is 19.6. The summed E-state index contributed by atoms with van der Waals surface area (Å²) < 4.78 is 0. The largest absolute Gasteiger partial charge is 0.370 e. The van der Waals surface area contributed by atoms with Gasteiger partial charge in [0.2, 0.25) is 11.8 Å². The Labute approximate surface area is 202 Å². The van der Waals surface area contributed by atoms with E-state index in [1.54, 1.807) is 4.90 Å². The van der Waals surface area contributed by atoms with Crippen LogP contribution < -0.4 is 10.6 Å². The lowest BCUT2D eigenvalue weighted by Gasteiger charge is -2.29. The molecule has 0 radical (unpaired) electrons. The highest BCUT2D eigenvalue weighted by Gasteiger charge is 2.39. The summed E-state index contributed by atoms with van der Waals surface area (Å²) in [4.78, 5) is 45.9. The minimum atomic E-state index is -0.623. The molecule has 0 aliphatic carbocycles. The van der Waals surface area contributed by atoms with Gasteiger partial charge in [0.1, 0.15) is 11.6 Å². The maximum Gasteiger partial charge on any atom is 0.255 e. The van der Waals surface area contributed by atoms with E-state index in [1.165, 1.54) is 12.8 Å². The fraction of sp³-hybridized carbons (Fsp3) is 0.400. The summed E-state index contributed by atoms with van der Waals surface area (Å²) in [5.41, 5.74) is 6.06. The molecule has 10 nitrogen and oxygen atoms in total. The van der Waals surface area contributed by atoms with E-state index in [0.717, 1.165) is 53.1 Å². The monoisotopic (exact) mass is 473 g/mol. The van der Waals surface area contributed by atoms with Crippen LogP contribution in [0.1, 0.15) is 47.2 Å². The normalized spacial score (nSPS) is 20.5. The van der Waals surface area contributed by atoms with E-state index in [-0.39, 0.29) is 18.2 Å². The molecular formula is C25H27N7O3. The van der Waals surface area contributed by atoms with Crippen molar-refractivity contribution in [3.05, 3.63) is 41.0 Å². The van der Waals surface area contributed by atoms with Crippen molar-refractivity contribution >= 4 is 34.6 Å². The molecular weight excluding hydrogens is 446 g/mol. The van der Waals surface area contributed by atoms with Gasteiger partial charge in [-0.15, -0.1) is 0 Å². The summed E-state index contributed by atoms with van der Waals surface area (Å²) in [5, 5.41) is 13.0. The molecule has 5 heterocycles. The van der Waals surface area contributed by atoms with Crippen molar-refractivity contribution < 1.29 is 14.4 Å². The molecule has 2 saturated heterocycles. The van der Waals surface area contributed by atoms with Crippen molar-refractivity contribution in [2.45, 2.75) is 44.8 Å². The summed E-state index contributed by atoms with van der Waals surface area (Å²) >= 11 is 0. The second kappa shape index (κ2) is 8.46. The molecule has 3 N–H and O–H groups in total. The molecule has 2 fully saturated rings. The number of carbonyl (C=O) groups excluding carboxylic acids is 3. The van der Waals surface area contributed by atoms with E-state index >= 15 is 0 Å². The molecule has 1 atom stereocenters. The zero-order chi connectivity index (χ0) is 24.1. The number of rotatable bonds is 5. The number of aromatic amines is 1. The molecule has 2 aromatic heterocycles. The molecule has 180 valence electrons. The third-order valence-corrected chi connectivity index (χ3v) is 7.25. The molecule has 3 aliphatic rings. The van der Waals surface area contributed by atoms with E-state index < -0.39 is 11.9 Å². The number of imide groups is 1. The van der Waals surface area contributed by atoms with Crippen LogP contribution in [0.5, 0.6) is 0 Å². The van der Waals surface area contributed by atoms with Crippen LogP contribution in [0, 0.1) is 0 Å². The van der Waals surface area contributed by atoms with Crippen molar-refractivity contribution in [2.75, 3.05) is 25.5 Å². The number of hydrogen-bond acceptors (Lipinski definition) is 7. The van der Waals surface area contributed by atoms with Gasteiger partial charge in [-0.05, 0) is 61.7 Å². The van der Waals surface area contributed by atoms with Crippen LogP contribution in [0.3, 0.4) is 0 Å². The number of nitrogens with zero attached hydrogens (tertiary/aromatic N) is 4. The van der Waals surface area contributed by atoms with Crippen molar-refractivity contribution in [3.8, 4) is 11.3 Å². The molecule has 0 bridgehead atoms. The Hall–Kier alpha value is -3.79. The zero-order valence-electron chi connectivity index (χ0n) is 19.6. The van der Waals surface area contributed by atoms with Gasteiger partial charge in [0.25, 0.3) is 5.91 Å². The molecule has 3 aromatic rings. The average molecular weight is 474 g/mol. The van der Waals surface area contributed by atoms with Crippen molar-refractivity contribution in [3.63, 3.8) is 0 Å². The van der Waals surface area contributed by atoms with Gasteiger partial charge < -0.3 is 10.2 Å². The maximum absolute atomic E-state index is 13.1. The van der Waals surface area contributed by atoms with Crippen LogP contribution in [-0.4, -0.2) is 68.9 Å². The van der Waals surface area contributed by atoms with E-state index in [2.05, 4.69) is 31.8 Å². The fourth-order valence-corrected chi connectivity index (χ4v) is 5.42. The number of aromatic nitrogens is 3. The Morgan fingerprint density at radius 3 is 2.74 bits per heavy atom. The minimum absolute atomic E-state index is 0.175. The Morgan fingerprint density at radius 1 is 1.14 bits per heavy atom. The maximum atomic E-state index is 13.1. The topological polar surface area (TPSA) is 123 Å². The van der Waals surface area contributed by atoms with Crippen LogP contribution in [0.25, 0.3) is 22.3 Å². The number of anilines is 1. The van der Waals surface area contributed by atoms with Crippen molar-refractivity contribution in [2.24, 2.45) is 0 Å². The first-order valence-electron chi connectivity index (χ1n) is 12.1. The number of pyridine rings is 1. The highest BCUT2D eigenvalue weighted by molar-refractivity contribution is 6.05. The average Bonchev–Trinajstić information content (AvgIpc) is 3.58. The Kier molecular flexibility index (Phi) is 5.25. The van der Waals surface area contributed by atoms with Gasteiger partial charge in [0.15, 0.2) is 5.82 Å². The predicted molar refractivity (Wildman–Crippen MR) is 129 cm³/mol. The summed E-state index contributed by atoms with van der Waals surface area (Å²) in [6.45, 7) is 3.33. The number of H-pyrrole nitrogens is 1. The van der Waals surface area contributed by atoms with Gasteiger partial charge in [-0.3, -0.25) is 29.7 Å². The number of nitrogens with one attached hydrogen (secondary N) is 3. The van der Waals surface area contributed by atoms with E-state index in [0.29, 0.717) is 24.3 Å². The second-order valence-electron chi connectivity index (χ2n) is 9.47. The van der Waals surface area contributed by atoms with Gasteiger partial charge in [-0.2, -0.15) is 5.10 Å². The van der Waals surface area contributed by atoms with E-state index in [9.17, 15) is 14.4 Å². The fourth-order valence-electron chi connectivity index (χ4n) is 5.42. The molecule has 1 aromatic carbocycles. The number of piperidine rings is 1. The molecule has 0 spiro atoms. The lowest BCUT2D eigenvalue weighted by molar-refractivity contribution is -0.136. The molecule has 3 amide bonds. The standard InChI is InChI=1S/C25H27N7O3/c1-26-23-22-21(29-30-23)16(12-31-8-2-3-9-31)11-18(27-22)14-4-5-17-15(10-14)13-32(25(17)35)19-6-7-20(33)28-24(19)34/h4-5,10-11,19H,2-3,6-9,12-13H2,1H3,(H2,26,29,30)(H,28,33,34). The van der Waals surface area contributed by atoms with Crippen LogP contribution in [0.4, 0.5) is 5.82 Å². The Morgan fingerprint density at radius 2 is 1.97 bits per heavy atom. The van der Waals surface area contributed by atoms with Crippen LogP contribution in [0.2, 0.25) is 0 Å². The summed E-state index contributed by atoms with van der Waals surface area (Å²) in [6.07, 6.45) is 3.02. The lowest BCUT2D eigenvalue weighted by atomic mass is 10.0. The first-order valence-corrected chi connectivity index (χ1v) is 12.1. The van der Waals surface area contributed by atoms with Crippen molar-refractivity contribution in [1.82, 2.24) is 30.3 Å². The molecule has 10 heteroatoms. The van der Waals surface area contributed by atoms with E-state index in [4.69, 9.17) is 4.98 Å². The quantitative estimate of drug-likeness (QED) is 0.485. The van der Waals surface area contributed by atoms with Crippen LogP contribution >= 0.6 is 0 Å². The van der Waals surface area contributed by atoms with E-state index in [1.807, 2.05) is 25.2 Å². The number of likely N-dealkylation sites (tertiary alicyclic amines) is 1. The number of amides is 3.